The summed E-state index contributed by atoms with van der Waals surface area (Å²) >= 11 is 1.15. The molecule has 0 saturated carbocycles. The Labute approximate surface area is 232 Å². The monoisotopic (exact) mass is 566 g/mol. The number of aromatic nitrogens is 1. The lowest BCUT2D eigenvalue weighted by molar-refractivity contribution is -0.136. The van der Waals surface area contributed by atoms with Crippen LogP contribution in [0.25, 0.3) is 6.08 Å². The average Bonchev–Trinajstić information content (AvgIpc) is 3.21. The summed E-state index contributed by atoms with van der Waals surface area (Å²) in [6.07, 6.45) is 1.66. The highest BCUT2D eigenvalue weighted by Crippen LogP contribution is 2.36. The number of methoxy groups -OCH3 is 3. The first-order chi connectivity index (χ1) is 19.1. The summed E-state index contributed by atoms with van der Waals surface area (Å²) in [6.45, 7) is 4.22. The molecule has 1 aromatic heterocycles. The summed E-state index contributed by atoms with van der Waals surface area (Å²) in [4.78, 5) is 54.5. The summed E-state index contributed by atoms with van der Waals surface area (Å²) in [5, 5.41) is 0. The van der Waals surface area contributed by atoms with Crippen molar-refractivity contribution in [1.82, 2.24) is 4.57 Å². The zero-order chi connectivity index (χ0) is 29.1. The minimum atomic E-state index is -0.896. The average molecular weight is 567 g/mol. The van der Waals surface area contributed by atoms with Crippen molar-refractivity contribution >= 4 is 35.3 Å². The van der Waals surface area contributed by atoms with Crippen LogP contribution in [-0.2, 0) is 19.1 Å². The zero-order valence-corrected chi connectivity index (χ0v) is 23.4. The van der Waals surface area contributed by atoms with E-state index < -0.39 is 29.5 Å². The molecule has 1 atom stereocenters. The van der Waals surface area contributed by atoms with Gasteiger partial charge in [-0.3, -0.25) is 19.0 Å². The summed E-state index contributed by atoms with van der Waals surface area (Å²) in [7, 11) is 4.11. The molecule has 1 aliphatic heterocycles. The van der Waals surface area contributed by atoms with Gasteiger partial charge >= 0.3 is 17.9 Å². The number of carbonyl (C=O) groups is 3. The molecule has 11 nitrogen and oxygen atoms in total. The first kappa shape index (κ1) is 28.3. The summed E-state index contributed by atoms with van der Waals surface area (Å²) in [6, 6.07) is 8.77. The zero-order valence-electron chi connectivity index (χ0n) is 22.6. The molecule has 208 valence electrons. The molecule has 0 aliphatic carbocycles. The largest absolute Gasteiger partial charge is 0.493 e. The molecule has 0 spiro atoms. The molecule has 2 heterocycles. The molecule has 3 aromatic rings. The minimum absolute atomic E-state index is 0.177. The fraction of sp³-hybridized carbons (Fsp3) is 0.250. The van der Waals surface area contributed by atoms with Gasteiger partial charge in [-0.25, -0.2) is 9.79 Å². The lowest BCUT2D eigenvalue weighted by Crippen LogP contribution is -2.39. The maximum Gasteiger partial charge on any atom is 0.338 e. The van der Waals surface area contributed by atoms with E-state index in [2.05, 4.69) is 4.99 Å². The summed E-state index contributed by atoms with van der Waals surface area (Å²) < 4.78 is 27.9. The van der Waals surface area contributed by atoms with Crippen molar-refractivity contribution in [3.05, 3.63) is 78.5 Å². The van der Waals surface area contributed by atoms with Gasteiger partial charge in [0.15, 0.2) is 27.8 Å². The number of nitrogens with zero attached hydrogens (tertiary/aromatic N) is 2. The lowest BCUT2D eigenvalue weighted by Gasteiger charge is -2.25. The van der Waals surface area contributed by atoms with Crippen molar-refractivity contribution in [3.8, 4) is 23.0 Å². The number of esters is 3. The van der Waals surface area contributed by atoms with E-state index in [1.807, 2.05) is 0 Å². The van der Waals surface area contributed by atoms with Crippen molar-refractivity contribution in [2.75, 3.05) is 21.3 Å². The van der Waals surface area contributed by atoms with Gasteiger partial charge in [0.05, 0.1) is 43.2 Å². The lowest BCUT2D eigenvalue weighted by atomic mass is 9.95. The van der Waals surface area contributed by atoms with Crippen LogP contribution in [0.4, 0.5) is 0 Å². The third-order valence-corrected chi connectivity index (χ3v) is 6.91. The number of thiazole rings is 1. The van der Waals surface area contributed by atoms with Crippen molar-refractivity contribution in [2.45, 2.75) is 26.8 Å². The number of benzene rings is 2. The van der Waals surface area contributed by atoms with Gasteiger partial charge in [-0.15, -0.1) is 0 Å². The van der Waals surface area contributed by atoms with Crippen LogP contribution < -0.4 is 33.8 Å². The van der Waals surface area contributed by atoms with E-state index in [0.29, 0.717) is 31.9 Å². The van der Waals surface area contributed by atoms with Gasteiger partial charge < -0.3 is 23.7 Å². The standard InChI is InChI=1S/C28H26N2O9S/c1-14-24(27(34)37-6)25(18-8-10-20(39-16(3)32)22(13-18)36-5)30-26(33)23(40-28(30)29-14)12-17-7-9-19(38-15(2)31)21(11-17)35-4/h7-13,25H,1-6H3/b23-12+/t25-/m1/s1. The maximum atomic E-state index is 13.8. The molecule has 12 heteroatoms. The van der Waals surface area contributed by atoms with Gasteiger partial charge in [-0.05, 0) is 48.4 Å². The van der Waals surface area contributed by atoms with Crippen LogP contribution in [0.5, 0.6) is 23.0 Å². The molecule has 40 heavy (non-hydrogen) atoms. The van der Waals surface area contributed by atoms with Crippen molar-refractivity contribution in [3.63, 3.8) is 0 Å². The highest BCUT2D eigenvalue weighted by atomic mass is 32.1. The first-order valence-corrected chi connectivity index (χ1v) is 12.7. The smallest absolute Gasteiger partial charge is 0.338 e. The van der Waals surface area contributed by atoms with Crippen molar-refractivity contribution in [1.29, 1.82) is 0 Å². The van der Waals surface area contributed by atoms with Gasteiger partial charge in [0.25, 0.3) is 5.56 Å². The molecule has 0 saturated heterocycles. The quantitative estimate of drug-likeness (QED) is 0.312. The van der Waals surface area contributed by atoms with Crippen LogP contribution in [0, 0.1) is 0 Å². The second kappa shape index (κ2) is 11.6. The predicted octanol–water partition coefficient (Wildman–Crippen LogP) is 2.28. The molecule has 0 radical (unpaired) electrons. The second-order valence-corrected chi connectivity index (χ2v) is 9.59. The van der Waals surface area contributed by atoms with E-state index in [9.17, 15) is 19.2 Å². The van der Waals surface area contributed by atoms with Gasteiger partial charge in [0.1, 0.15) is 0 Å². The van der Waals surface area contributed by atoms with Crippen molar-refractivity contribution < 1.29 is 38.1 Å². The number of fused-ring (bicyclic) bond motifs is 1. The molecule has 0 amide bonds. The van der Waals surface area contributed by atoms with E-state index in [4.69, 9.17) is 23.7 Å². The van der Waals surface area contributed by atoms with Gasteiger partial charge in [-0.2, -0.15) is 0 Å². The minimum Gasteiger partial charge on any atom is -0.493 e. The number of carbonyl (C=O) groups excluding carboxylic acids is 3. The fourth-order valence-electron chi connectivity index (χ4n) is 4.27. The molecule has 2 aromatic carbocycles. The third-order valence-electron chi connectivity index (χ3n) is 5.92. The van der Waals surface area contributed by atoms with E-state index >= 15 is 0 Å². The Morgan fingerprint density at radius 3 is 2.08 bits per heavy atom. The van der Waals surface area contributed by atoms with Gasteiger partial charge in [0, 0.05) is 13.8 Å². The normalized spacial score (nSPS) is 14.7. The Morgan fingerprint density at radius 2 is 1.50 bits per heavy atom. The molecule has 1 aliphatic rings. The highest BCUT2D eigenvalue weighted by molar-refractivity contribution is 7.07. The van der Waals surface area contributed by atoms with E-state index in [1.165, 1.54) is 45.8 Å². The van der Waals surface area contributed by atoms with E-state index in [1.54, 1.807) is 43.3 Å². The molecular weight excluding hydrogens is 540 g/mol. The molecule has 4 rings (SSSR count). The third kappa shape index (κ3) is 5.52. The number of allylic oxidation sites excluding steroid dienone is 1. The molecule has 0 N–H and O–H groups in total. The Kier molecular flexibility index (Phi) is 8.19. The van der Waals surface area contributed by atoms with E-state index in [-0.39, 0.29) is 22.8 Å². The van der Waals surface area contributed by atoms with Gasteiger partial charge in [-0.1, -0.05) is 23.5 Å². The molecule has 0 bridgehead atoms. The summed E-state index contributed by atoms with van der Waals surface area (Å²) in [5.41, 5.74) is 1.30. The Balaban J connectivity index is 1.91. The Hall–Kier alpha value is -4.71. The van der Waals surface area contributed by atoms with Crippen molar-refractivity contribution in [2.24, 2.45) is 4.99 Å². The number of hydrogen-bond acceptors (Lipinski definition) is 11. The van der Waals surface area contributed by atoms with Crippen LogP contribution in [0.3, 0.4) is 0 Å². The fourth-order valence-corrected chi connectivity index (χ4v) is 5.31. The number of hydrogen-bond donors (Lipinski definition) is 0. The topological polar surface area (TPSA) is 132 Å². The van der Waals surface area contributed by atoms with Crippen LogP contribution in [0.2, 0.25) is 0 Å². The number of rotatable bonds is 7. The van der Waals surface area contributed by atoms with E-state index in [0.717, 1.165) is 11.3 Å². The van der Waals surface area contributed by atoms with Crippen LogP contribution in [0.15, 0.2) is 57.5 Å². The van der Waals surface area contributed by atoms with Crippen LogP contribution >= 0.6 is 11.3 Å². The van der Waals surface area contributed by atoms with Crippen LogP contribution in [-0.4, -0.2) is 43.8 Å². The first-order valence-electron chi connectivity index (χ1n) is 11.9. The molecule has 0 fully saturated rings. The Bertz CT molecular complexity index is 1730. The SMILES string of the molecule is COC(=O)C1=C(C)N=c2s/c(=C/c3ccc(OC(C)=O)c(OC)c3)c(=O)n2[C@@H]1c1ccc(OC(C)=O)c(OC)c1. The second-order valence-electron chi connectivity index (χ2n) is 8.58. The molecule has 0 unspecified atom stereocenters. The summed E-state index contributed by atoms with van der Waals surface area (Å²) in [5.74, 6) is -0.659. The van der Waals surface area contributed by atoms with Crippen LogP contribution in [0.1, 0.15) is 37.9 Å². The van der Waals surface area contributed by atoms with Gasteiger partial charge in [0.2, 0.25) is 0 Å². The molecular formula is C28H26N2O9S. The highest BCUT2D eigenvalue weighted by Gasteiger charge is 2.33. The maximum absolute atomic E-state index is 13.8. The Morgan fingerprint density at radius 1 is 0.900 bits per heavy atom. The number of ether oxygens (including phenoxy) is 5. The predicted molar refractivity (Wildman–Crippen MR) is 144 cm³/mol.